The zero-order chi connectivity index (χ0) is 46.3. The zero-order valence-electron chi connectivity index (χ0n) is 37.7. The molecule has 0 saturated carbocycles. The van der Waals surface area contributed by atoms with Gasteiger partial charge in [0.25, 0.3) is 0 Å². The molecule has 11 rings (SSSR count). The van der Waals surface area contributed by atoms with Gasteiger partial charge in [-0.05, 0) is 152 Å². The molecule has 324 valence electrons. The molecule has 0 saturated heterocycles. The van der Waals surface area contributed by atoms with Crippen molar-refractivity contribution in [3.63, 3.8) is 0 Å². The summed E-state index contributed by atoms with van der Waals surface area (Å²) in [6.07, 6.45) is -4.47. The number of hydrogen-bond donors (Lipinski definition) is 0. The Morgan fingerprint density at radius 1 is 0.388 bits per heavy atom. The minimum Gasteiger partial charge on any atom is -0.309 e. The second kappa shape index (κ2) is 15.8. The van der Waals surface area contributed by atoms with Gasteiger partial charge >= 0.3 is 6.18 Å². The van der Waals surface area contributed by atoms with Gasteiger partial charge < -0.3 is 9.13 Å². The smallest absolute Gasteiger partial charge is 0.309 e. The summed E-state index contributed by atoms with van der Waals surface area (Å²) in [5.74, 6) is 0. The van der Waals surface area contributed by atoms with E-state index in [0.717, 1.165) is 100.0 Å². The number of aromatic nitrogens is 2. The molecule has 0 unspecified atom stereocenters. The minimum atomic E-state index is -4.47. The van der Waals surface area contributed by atoms with Crippen molar-refractivity contribution in [2.45, 2.75) is 40.8 Å². The fraction of sp³-hybridized carbons (Fsp3) is 0.0984. The fourth-order valence-corrected chi connectivity index (χ4v) is 10.4. The lowest BCUT2D eigenvalue weighted by Gasteiger charge is -2.21. The van der Waals surface area contributed by atoms with Crippen LogP contribution in [-0.4, -0.2) is 9.13 Å². The molecule has 0 spiro atoms. The number of fused-ring (bicyclic) bond motifs is 6. The number of nitriles is 1. The number of alkyl halides is 3. The van der Waals surface area contributed by atoms with E-state index in [-0.39, 0.29) is 0 Å². The number of hydrogen-bond acceptors (Lipinski definition) is 1. The van der Waals surface area contributed by atoms with Crippen LogP contribution in [0.2, 0.25) is 0 Å². The molecule has 0 amide bonds. The first-order valence-corrected chi connectivity index (χ1v) is 22.4. The van der Waals surface area contributed by atoms with Gasteiger partial charge in [0.15, 0.2) is 0 Å². The zero-order valence-corrected chi connectivity index (χ0v) is 37.7. The van der Waals surface area contributed by atoms with Crippen LogP contribution in [0.5, 0.6) is 0 Å². The Labute approximate surface area is 387 Å². The van der Waals surface area contributed by atoms with Crippen LogP contribution in [0.4, 0.5) is 13.2 Å². The Morgan fingerprint density at radius 3 is 1.34 bits per heavy atom. The van der Waals surface area contributed by atoms with E-state index in [1.165, 1.54) is 28.3 Å². The molecule has 0 aliphatic heterocycles. The molecule has 0 bridgehead atoms. The van der Waals surface area contributed by atoms with Crippen LogP contribution < -0.4 is 0 Å². The fourth-order valence-electron chi connectivity index (χ4n) is 10.4. The van der Waals surface area contributed by atoms with Gasteiger partial charge in [0, 0.05) is 32.7 Å². The van der Waals surface area contributed by atoms with Crippen molar-refractivity contribution in [3.05, 3.63) is 215 Å². The lowest BCUT2D eigenvalue weighted by molar-refractivity contribution is -0.137. The molecule has 3 nitrogen and oxygen atoms in total. The summed E-state index contributed by atoms with van der Waals surface area (Å²) in [5, 5.41) is 14.9. The number of rotatable bonds is 6. The molecule has 67 heavy (non-hydrogen) atoms. The maximum Gasteiger partial charge on any atom is 0.416 e. The largest absolute Gasteiger partial charge is 0.416 e. The maximum absolute atomic E-state index is 14.0. The second-order valence-electron chi connectivity index (χ2n) is 18.0. The van der Waals surface area contributed by atoms with Crippen LogP contribution in [0.3, 0.4) is 0 Å². The van der Waals surface area contributed by atoms with Gasteiger partial charge in [-0.2, -0.15) is 18.4 Å². The van der Waals surface area contributed by atoms with Gasteiger partial charge in [0.2, 0.25) is 0 Å². The van der Waals surface area contributed by atoms with Gasteiger partial charge in [0.05, 0.1) is 50.6 Å². The van der Waals surface area contributed by atoms with Crippen molar-refractivity contribution in [1.29, 1.82) is 5.26 Å². The van der Waals surface area contributed by atoms with E-state index in [1.807, 2.05) is 30.3 Å². The summed E-state index contributed by atoms with van der Waals surface area (Å²) in [5.41, 5.74) is 18.5. The number of para-hydroxylation sites is 2. The first-order chi connectivity index (χ1) is 32.3. The normalized spacial score (nSPS) is 11.9. The maximum atomic E-state index is 14.0. The monoisotopic (exact) mass is 875 g/mol. The van der Waals surface area contributed by atoms with Crippen LogP contribution in [-0.2, 0) is 6.18 Å². The van der Waals surface area contributed by atoms with E-state index in [0.29, 0.717) is 16.7 Å². The number of aryl methyl sites for hydroxylation is 5. The average molecular weight is 876 g/mol. The summed E-state index contributed by atoms with van der Waals surface area (Å²) >= 11 is 0. The summed E-state index contributed by atoms with van der Waals surface area (Å²) in [4.78, 5) is 0. The quantitative estimate of drug-likeness (QED) is 0.164. The van der Waals surface area contributed by atoms with Crippen molar-refractivity contribution < 1.29 is 13.2 Å². The van der Waals surface area contributed by atoms with Crippen LogP contribution in [0.1, 0.15) is 38.9 Å². The van der Waals surface area contributed by atoms with Crippen molar-refractivity contribution in [2.24, 2.45) is 0 Å². The van der Waals surface area contributed by atoms with Crippen LogP contribution >= 0.6 is 0 Å². The molecule has 2 aromatic heterocycles. The minimum absolute atomic E-state index is 0.485. The molecular weight excluding hydrogens is 832 g/mol. The second-order valence-corrected chi connectivity index (χ2v) is 18.0. The Morgan fingerprint density at radius 2 is 0.851 bits per heavy atom. The Bertz CT molecular complexity index is 3830. The highest BCUT2D eigenvalue weighted by Gasteiger charge is 2.31. The first kappa shape index (κ1) is 41.6. The van der Waals surface area contributed by atoms with Gasteiger partial charge in [-0.25, -0.2) is 0 Å². The average Bonchev–Trinajstić information content (AvgIpc) is 3.82. The molecule has 0 fully saturated rings. The van der Waals surface area contributed by atoms with E-state index in [2.05, 4.69) is 170 Å². The summed E-state index contributed by atoms with van der Waals surface area (Å²) < 4.78 is 46.6. The molecule has 2 heterocycles. The third-order valence-corrected chi connectivity index (χ3v) is 13.2. The Kier molecular flexibility index (Phi) is 9.79. The topological polar surface area (TPSA) is 33.6 Å². The lowest BCUT2D eigenvalue weighted by atomic mass is 9.92. The van der Waals surface area contributed by atoms with Gasteiger partial charge in [0.1, 0.15) is 0 Å². The van der Waals surface area contributed by atoms with E-state index >= 15 is 0 Å². The number of nitrogens with zero attached hydrogens (tertiary/aromatic N) is 3. The Hall–Kier alpha value is -8.14. The third kappa shape index (κ3) is 7.15. The van der Waals surface area contributed by atoms with Crippen molar-refractivity contribution in [2.75, 3.05) is 0 Å². The molecule has 0 radical (unpaired) electrons. The molecule has 0 N–H and O–H groups in total. The van der Waals surface area contributed by atoms with E-state index < -0.39 is 11.7 Å². The molecule has 11 aromatic rings. The molecular formula is C61H44F3N3. The molecule has 0 aliphatic carbocycles. The van der Waals surface area contributed by atoms with Crippen LogP contribution in [0.15, 0.2) is 176 Å². The lowest BCUT2D eigenvalue weighted by Crippen LogP contribution is -2.05. The van der Waals surface area contributed by atoms with Crippen molar-refractivity contribution in [1.82, 2.24) is 9.13 Å². The highest BCUT2D eigenvalue weighted by Crippen LogP contribution is 2.44. The van der Waals surface area contributed by atoms with E-state index in [1.54, 1.807) is 13.0 Å². The predicted molar refractivity (Wildman–Crippen MR) is 270 cm³/mol. The van der Waals surface area contributed by atoms with E-state index in [9.17, 15) is 18.4 Å². The highest BCUT2D eigenvalue weighted by atomic mass is 19.4. The Balaban J connectivity index is 1.21. The van der Waals surface area contributed by atoms with Crippen molar-refractivity contribution in [3.8, 4) is 62.0 Å². The standard InChI is InChI=1S/C61H44F3N3/c1-36-24-37(2)27-45(26-36)42-15-21-58-52(32-42)49-10-6-8-12-55(49)66(58)57-20-14-41(35-65)31-51(57)54-34-44(48-19-18-47(30-40(48)5)61(62,63)64)17-23-60(54)67-56-13-9-7-11-50(56)53-33-43(16-22-59(53)67)46-28-38(3)25-39(4)29-46/h6-34H,1-5H3. The SMILES string of the molecule is Cc1cc(C)cc(-c2ccc3c(c2)c2ccccc2n3-c2ccc(C#N)cc2-c2cc(-c3ccc(C(F)(F)F)cc3C)ccc2-n2c3ccccc3c3cc(-c4cc(C)cc(C)c4)ccc32)c1. The van der Waals surface area contributed by atoms with Crippen LogP contribution in [0.25, 0.3) is 99.5 Å². The molecule has 0 aliphatic rings. The van der Waals surface area contributed by atoms with Crippen molar-refractivity contribution >= 4 is 43.6 Å². The first-order valence-electron chi connectivity index (χ1n) is 22.4. The van der Waals surface area contributed by atoms with Gasteiger partial charge in [-0.3, -0.25) is 0 Å². The molecule has 0 atom stereocenters. The van der Waals surface area contributed by atoms with Gasteiger partial charge in [-0.1, -0.05) is 119 Å². The summed E-state index contributed by atoms with van der Waals surface area (Å²) in [7, 11) is 0. The summed E-state index contributed by atoms with van der Waals surface area (Å²) in [6.45, 7) is 10.2. The van der Waals surface area contributed by atoms with Gasteiger partial charge in [-0.15, -0.1) is 0 Å². The number of benzene rings is 9. The highest BCUT2D eigenvalue weighted by molar-refractivity contribution is 6.13. The van der Waals surface area contributed by atoms with E-state index in [4.69, 9.17) is 0 Å². The molecule has 9 aromatic carbocycles. The molecule has 6 heteroatoms. The predicted octanol–water partition coefficient (Wildman–Crippen LogP) is 17.0. The number of halogens is 3. The third-order valence-electron chi connectivity index (χ3n) is 13.2. The van der Waals surface area contributed by atoms with Crippen LogP contribution in [0, 0.1) is 45.9 Å². The summed E-state index contributed by atoms with van der Waals surface area (Å²) in [6, 6.07) is 61.7.